The summed E-state index contributed by atoms with van der Waals surface area (Å²) in [7, 11) is 1.51. The van der Waals surface area contributed by atoms with Crippen LogP contribution in [-0.4, -0.2) is 61.6 Å². The number of amides is 2. The second-order valence-corrected chi connectivity index (χ2v) is 8.96. The van der Waals surface area contributed by atoms with Crippen molar-refractivity contribution in [1.82, 2.24) is 30.0 Å². The molecule has 1 fully saturated rings. The third-order valence-corrected chi connectivity index (χ3v) is 6.80. The second-order valence-electron chi connectivity index (χ2n) is 8.55. The van der Waals surface area contributed by atoms with E-state index in [9.17, 15) is 9.59 Å². The lowest BCUT2D eigenvalue weighted by Gasteiger charge is -2.38. The molecule has 4 aromatic rings. The molecule has 10 nitrogen and oxygen atoms in total. The molecule has 35 heavy (non-hydrogen) atoms. The Balaban J connectivity index is 1.44. The fourth-order valence-electron chi connectivity index (χ4n) is 4.65. The van der Waals surface area contributed by atoms with Crippen molar-refractivity contribution in [3.63, 3.8) is 0 Å². The Kier molecular flexibility index (Phi) is 6.12. The molecule has 0 bridgehead atoms. The summed E-state index contributed by atoms with van der Waals surface area (Å²) in [6, 6.07) is 6.94. The summed E-state index contributed by atoms with van der Waals surface area (Å²) >= 11 is 6.31. The molecule has 0 saturated carbocycles. The number of methoxy groups -OCH3 is 1. The number of fused-ring (bicyclic) bond motifs is 1. The van der Waals surface area contributed by atoms with Crippen LogP contribution in [0.1, 0.15) is 29.0 Å². The van der Waals surface area contributed by atoms with Gasteiger partial charge in [0.05, 0.1) is 29.7 Å². The number of piperidine rings is 1. The minimum absolute atomic E-state index is 0.237. The highest BCUT2D eigenvalue weighted by atomic mass is 35.5. The lowest BCUT2D eigenvalue weighted by Crippen LogP contribution is -2.49. The smallest absolute Gasteiger partial charge is 0.274 e. The lowest BCUT2D eigenvalue weighted by molar-refractivity contribution is -0.123. The van der Waals surface area contributed by atoms with Gasteiger partial charge in [-0.15, -0.1) is 0 Å². The quantitative estimate of drug-likeness (QED) is 0.377. The molecule has 11 heteroatoms. The van der Waals surface area contributed by atoms with Gasteiger partial charge in [-0.25, -0.2) is 4.98 Å². The average Bonchev–Trinajstić information content (AvgIpc) is 3.54. The van der Waals surface area contributed by atoms with Gasteiger partial charge in [-0.1, -0.05) is 11.6 Å². The number of nitrogens with two attached hydrogens (primary N) is 1. The zero-order chi connectivity index (χ0) is 24.5. The summed E-state index contributed by atoms with van der Waals surface area (Å²) < 4.78 is 5.18. The van der Waals surface area contributed by atoms with Crippen LogP contribution in [0.2, 0.25) is 5.02 Å². The summed E-state index contributed by atoms with van der Waals surface area (Å²) in [6.07, 6.45) is 6.54. The summed E-state index contributed by atoms with van der Waals surface area (Å²) in [5.41, 5.74) is 8.90. The highest BCUT2D eigenvalue weighted by Gasteiger charge is 2.35. The summed E-state index contributed by atoms with van der Waals surface area (Å²) in [5.74, 6) is -0.490. The summed E-state index contributed by atoms with van der Waals surface area (Å²) in [6.45, 7) is 0.395. The number of H-pyrrole nitrogens is 2. The summed E-state index contributed by atoms with van der Waals surface area (Å²) in [4.78, 5) is 39.1. The molecule has 4 aromatic heterocycles. The number of aromatic amines is 2. The third-order valence-electron chi connectivity index (χ3n) is 6.50. The molecular formula is C24H24ClN7O3. The Morgan fingerprint density at radius 1 is 1.29 bits per heavy atom. The number of pyridine rings is 2. The average molecular weight is 494 g/mol. The van der Waals surface area contributed by atoms with Crippen LogP contribution in [0.4, 0.5) is 0 Å². The molecule has 0 radical (unpaired) electrons. The van der Waals surface area contributed by atoms with Crippen molar-refractivity contribution in [1.29, 1.82) is 0 Å². The Bertz CT molecular complexity index is 1400. The molecule has 5 heterocycles. The highest BCUT2D eigenvalue weighted by Crippen LogP contribution is 2.31. The maximum Gasteiger partial charge on any atom is 0.274 e. The Morgan fingerprint density at radius 2 is 2.14 bits per heavy atom. The number of hydrogen-bond acceptors (Lipinski definition) is 6. The van der Waals surface area contributed by atoms with E-state index < -0.39 is 0 Å². The SMILES string of the molecule is COc1cc(-c2cc(C(=O)N3CCC(C(N)=O)CC3Cc3nccc4[nH]ccc34)n[nH]2)c(Cl)cn1. The molecule has 1 saturated heterocycles. The van der Waals surface area contributed by atoms with E-state index in [0.29, 0.717) is 48.0 Å². The van der Waals surface area contributed by atoms with Crippen molar-refractivity contribution in [2.75, 3.05) is 13.7 Å². The van der Waals surface area contributed by atoms with Crippen LogP contribution >= 0.6 is 11.6 Å². The molecule has 4 N–H and O–H groups in total. The van der Waals surface area contributed by atoms with Crippen LogP contribution < -0.4 is 10.5 Å². The van der Waals surface area contributed by atoms with Crippen LogP contribution in [0, 0.1) is 5.92 Å². The van der Waals surface area contributed by atoms with Crippen molar-refractivity contribution < 1.29 is 14.3 Å². The number of rotatable bonds is 6. The number of halogens is 1. The number of aromatic nitrogens is 5. The van der Waals surface area contributed by atoms with Crippen molar-refractivity contribution in [3.05, 3.63) is 59.3 Å². The fraction of sp³-hybridized carbons (Fsp3) is 0.292. The maximum atomic E-state index is 13.6. The number of carbonyl (C=O) groups is 2. The highest BCUT2D eigenvalue weighted by molar-refractivity contribution is 6.33. The molecule has 5 rings (SSSR count). The predicted molar refractivity (Wildman–Crippen MR) is 130 cm³/mol. The fourth-order valence-corrected chi connectivity index (χ4v) is 4.86. The topological polar surface area (TPSA) is 143 Å². The van der Waals surface area contributed by atoms with E-state index in [-0.39, 0.29) is 29.5 Å². The van der Waals surface area contributed by atoms with E-state index in [4.69, 9.17) is 22.1 Å². The Hall–Kier alpha value is -3.92. The maximum absolute atomic E-state index is 13.6. The van der Waals surface area contributed by atoms with Crippen LogP contribution in [0.3, 0.4) is 0 Å². The van der Waals surface area contributed by atoms with Gasteiger partial charge in [-0.05, 0) is 31.0 Å². The first kappa shape index (κ1) is 22.9. The van der Waals surface area contributed by atoms with E-state index in [1.54, 1.807) is 23.2 Å². The molecule has 0 aliphatic carbocycles. The van der Waals surface area contributed by atoms with Gasteiger partial charge in [0.2, 0.25) is 11.8 Å². The molecule has 2 unspecified atom stereocenters. The molecule has 0 spiro atoms. The molecule has 1 aliphatic rings. The van der Waals surface area contributed by atoms with Gasteiger partial charge in [0, 0.05) is 59.9 Å². The molecule has 2 amide bonds. The molecule has 1 aliphatic heterocycles. The molecular weight excluding hydrogens is 470 g/mol. The van der Waals surface area contributed by atoms with E-state index in [2.05, 4.69) is 25.1 Å². The van der Waals surface area contributed by atoms with Crippen LogP contribution in [0.25, 0.3) is 22.2 Å². The number of likely N-dealkylation sites (tertiary alicyclic amines) is 1. The normalized spacial score (nSPS) is 18.1. The first-order valence-corrected chi connectivity index (χ1v) is 11.6. The number of primary amides is 1. The van der Waals surface area contributed by atoms with E-state index >= 15 is 0 Å². The van der Waals surface area contributed by atoms with Crippen LogP contribution in [0.5, 0.6) is 5.88 Å². The van der Waals surface area contributed by atoms with Gasteiger partial charge in [0.25, 0.3) is 5.91 Å². The summed E-state index contributed by atoms with van der Waals surface area (Å²) in [5, 5.41) is 8.54. The van der Waals surface area contributed by atoms with Crippen molar-refractivity contribution in [3.8, 4) is 17.1 Å². The zero-order valence-corrected chi connectivity index (χ0v) is 19.7. The first-order chi connectivity index (χ1) is 16.9. The van der Waals surface area contributed by atoms with Gasteiger partial charge < -0.3 is 20.4 Å². The third kappa shape index (κ3) is 4.44. The molecule has 180 valence electrons. The van der Waals surface area contributed by atoms with E-state index in [1.165, 1.54) is 13.3 Å². The number of hydrogen-bond donors (Lipinski definition) is 3. The molecule has 0 aromatic carbocycles. The predicted octanol–water partition coefficient (Wildman–Crippen LogP) is 2.96. The van der Waals surface area contributed by atoms with Gasteiger partial charge >= 0.3 is 0 Å². The van der Waals surface area contributed by atoms with Gasteiger partial charge in [-0.3, -0.25) is 19.7 Å². The Labute approximate surface area is 205 Å². The zero-order valence-electron chi connectivity index (χ0n) is 19.0. The number of nitrogens with one attached hydrogen (secondary N) is 2. The van der Waals surface area contributed by atoms with Gasteiger partial charge in [0.1, 0.15) is 0 Å². The number of carbonyl (C=O) groups excluding carboxylic acids is 2. The molecule has 2 atom stereocenters. The van der Waals surface area contributed by atoms with Gasteiger partial charge in [0.15, 0.2) is 5.69 Å². The van der Waals surface area contributed by atoms with Crippen molar-refractivity contribution in [2.24, 2.45) is 11.7 Å². The van der Waals surface area contributed by atoms with Gasteiger partial charge in [-0.2, -0.15) is 5.10 Å². The Morgan fingerprint density at radius 3 is 2.94 bits per heavy atom. The van der Waals surface area contributed by atoms with E-state index in [0.717, 1.165) is 16.6 Å². The monoisotopic (exact) mass is 493 g/mol. The van der Waals surface area contributed by atoms with E-state index in [1.807, 2.05) is 18.3 Å². The number of ether oxygens (including phenoxy) is 1. The largest absolute Gasteiger partial charge is 0.481 e. The lowest BCUT2D eigenvalue weighted by atomic mass is 9.87. The standard InChI is InChI=1S/C24H24ClN7O3/c1-35-22-10-16(17(25)12-29-22)20-11-21(31-30-20)24(34)32-7-4-13(23(26)33)8-14(32)9-19-15-2-5-27-18(15)3-6-28-19/h2-3,5-6,10-14,27H,4,7-9H2,1H3,(H2,26,33)(H,30,31). The van der Waals surface area contributed by atoms with Crippen LogP contribution in [0.15, 0.2) is 42.9 Å². The van der Waals surface area contributed by atoms with Crippen molar-refractivity contribution >= 4 is 34.3 Å². The minimum atomic E-state index is -0.349. The number of nitrogens with zero attached hydrogens (tertiary/aromatic N) is 4. The first-order valence-electron chi connectivity index (χ1n) is 11.2. The van der Waals surface area contributed by atoms with Crippen LogP contribution in [-0.2, 0) is 11.2 Å². The van der Waals surface area contributed by atoms with Crippen molar-refractivity contribution in [2.45, 2.75) is 25.3 Å². The minimum Gasteiger partial charge on any atom is -0.481 e. The second kappa shape index (κ2) is 9.38.